The van der Waals surface area contributed by atoms with Gasteiger partial charge in [-0.15, -0.1) is 0 Å². The Kier molecular flexibility index (Phi) is 8.23. The maximum Gasteiger partial charge on any atom is 0.242 e. The fraction of sp³-hybridized carbons (Fsp3) is 0.556. The molecule has 2 amide bonds. The summed E-state index contributed by atoms with van der Waals surface area (Å²) in [6.07, 6.45) is 0.0670. The third kappa shape index (κ3) is 6.73. The van der Waals surface area contributed by atoms with Crippen LogP contribution >= 0.6 is 11.6 Å². The minimum absolute atomic E-state index is 0.00240. The summed E-state index contributed by atoms with van der Waals surface area (Å²) in [4.78, 5) is 27.8. The Bertz CT molecular complexity index is 793. The molecule has 0 radical (unpaired) electrons. The number of amides is 2. The molecule has 0 atom stereocenters. The van der Waals surface area contributed by atoms with Crippen molar-refractivity contribution in [2.24, 2.45) is 0 Å². The van der Waals surface area contributed by atoms with Crippen molar-refractivity contribution in [3.63, 3.8) is 0 Å². The highest BCUT2D eigenvalue weighted by Crippen LogP contribution is 2.20. The second-order valence-electron chi connectivity index (χ2n) is 6.96. The molecule has 1 aliphatic rings. The average molecular weight is 431 g/mol. The molecule has 2 rings (SSSR count). The molecule has 0 spiro atoms. The van der Waals surface area contributed by atoms with Crippen molar-refractivity contribution in [3.05, 3.63) is 29.3 Å². The lowest BCUT2D eigenvalue weighted by Gasteiger charge is -2.34. The second-order valence-corrected chi connectivity index (χ2v) is 9.10. The van der Waals surface area contributed by atoms with E-state index in [1.807, 2.05) is 18.7 Å². The molecule has 1 fully saturated rings. The van der Waals surface area contributed by atoms with E-state index in [2.05, 4.69) is 10.0 Å². The second kappa shape index (κ2) is 10.2. The van der Waals surface area contributed by atoms with Crippen molar-refractivity contribution in [3.8, 4) is 0 Å². The van der Waals surface area contributed by atoms with Gasteiger partial charge in [0.2, 0.25) is 21.8 Å². The van der Waals surface area contributed by atoms with Crippen LogP contribution in [0.5, 0.6) is 0 Å². The van der Waals surface area contributed by atoms with Crippen LogP contribution in [0.1, 0.15) is 20.3 Å². The number of benzene rings is 1. The van der Waals surface area contributed by atoms with Gasteiger partial charge < -0.3 is 10.2 Å². The Morgan fingerprint density at radius 3 is 2.39 bits per heavy atom. The summed E-state index contributed by atoms with van der Waals surface area (Å²) >= 11 is 5.92. The number of carbonyl (C=O) groups excluding carboxylic acids is 2. The smallest absolute Gasteiger partial charge is 0.242 e. The van der Waals surface area contributed by atoms with Crippen molar-refractivity contribution >= 4 is 33.4 Å². The molecule has 1 aliphatic heterocycles. The molecule has 2 N–H and O–H groups in total. The molecule has 0 saturated carbocycles. The first-order valence-corrected chi connectivity index (χ1v) is 11.1. The number of hydrogen-bond acceptors (Lipinski definition) is 5. The summed E-state index contributed by atoms with van der Waals surface area (Å²) in [5.74, 6) is -0.142. The van der Waals surface area contributed by atoms with Crippen LogP contribution in [0.3, 0.4) is 0 Å². The predicted molar refractivity (Wildman–Crippen MR) is 108 cm³/mol. The Hall–Kier alpha value is -1.68. The van der Waals surface area contributed by atoms with Crippen LogP contribution in [0.25, 0.3) is 0 Å². The lowest BCUT2D eigenvalue weighted by Crippen LogP contribution is -2.51. The zero-order chi connectivity index (χ0) is 20.7. The highest BCUT2D eigenvalue weighted by molar-refractivity contribution is 7.89. The Balaban J connectivity index is 1.74. The number of nitrogens with zero attached hydrogens (tertiary/aromatic N) is 2. The van der Waals surface area contributed by atoms with Crippen LogP contribution in [-0.2, 0) is 19.6 Å². The van der Waals surface area contributed by atoms with Crippen LogP contribution in [0, 0.1) is 0 Å². The topological polar surface area (TPSA) is 98.8 Å². The van der Waals surface area contributed by atoms with Gasteiger partial charge >= 0.3 is 0 Å². The Morgan fingerprint density at radius 2 is 1.79 bits per heavy atom. The first kappa shape index (κ1) is 22.6. The maximum absolute atomic E-state index is 12.3. The fourth-order valence-corrected chi connectivity index (χ4v) is 4.47. The average Bonchev–Trinajstić information content (AvgIpc) is 2.61. The highest BCUT2D eigenvalue weighted by Gasteiger charge is 2.23. The van der Waals surface area contributed by atoms with Crippen molar-refractivity contribution in [2.75, 3.05) is 39.3 Å². The molecule has 1 saturated heterocycles. The standard InChI is InChI=1S/C18H27ClN4O4S/c1-14(2)21-17(24)13-22-9-11-23(12-10-22)18(25)7-8-20-28(26,27)16-6-4-3-5-15(16)19/h3-6,14,20H,7-13H2,1-2H3,(H,21,24). The molecular weight excluding hydrogens is 404 g/mol. The van der Waals surface area contributed by atoms with E-state index in [4.69, 9.17) is 11.6 Å². The van der Waals surface area contributed by atoms with E-state index < -0.39 is 10.0 Å². The monoisotopic (exact) mass is 430 g/mol. The van der Waals surface area contributed by atoms with Gasteiger partial charge in [-0.25, -0.2) is 13.1 Å². The molecule has 1 aromatic carbocycles. The zero-order valence-corrected chi connectivity index (χ0v) is 17.7. The van der Waals surface area contributed by atoms with Crippen molar-refractivity contribution in [1.82, 2.24) is 19.8 Å². The van der Waals surface area contributed by atoms with Gasteiger partial charge in [0.05, 0.1) is 11.6 Å². The van der Waals surface area contributed by atoms with Crippen LogP contribution in [0.2, 0.25) is 5.02 Å². The number of sulfonamides is 1. The molecule has 0 unspecified atom stereocenters. The zero-order valence-electron chi connectivity index (χ0n) is 16.2. The van der Waals surface area contributed by atoms with Crippen LogP contribution in [0.4, 0.5) is 0 Å². The number of piperazine rings is 1. The van der Waals surface area contributed by atoms with Crippen LogP contribution in [-0.4, -0.2) is 75.3 Å². The largest absolute Gasteiger partial charge is 0.353 e. The quantitative estimate of drug-likeness (QED) is 0.631. The fourth-order valence-electron chi connectivity index (χ4n) is 2.92. The number of carbonyl (C=O) groups is 2. The normalized spacial score (nSPS) is 15.6. The molecule has 1 heterocycles. The van der Waals surface area contributed by atoms with E-state index in [1.54, 1.807) is 17.0 Å². The number of hydrogen-bond donors (Lipinski definition) is 2. The summed E-state index contributed by atoms with van der Waals surface area (Å²) in [6, 6.07) is 6.26. The van der Waals surface area contributed by atoms with Crippen molar-refractivity contribution < 1.29 is 18.0 Å². The predicted octanol–water partition coefficient (Wildman–Crippen LogP) is 0.677. The Labute approximate surface area is 171 Å². The highest BCUT2D eigenvalue weighted by atomic mass is 35.5. The van der Waals surface area contributed by atoms with Gasteiger partial charge in [-0.05, 0) is 26.0 Å². The summed E-state index contributed by atoms with van der Waals surface area (Å²) in [7, 11) is -3.75. The van der Waals surface area contributed by atoms with E-state index in [1.165, 1.54) is 12.1 Å². The Morgan fingerprint density at radius 1 is 1.14 bits per heavy atom. The SMILES string of the molecule is CC(C)NC(=O)CN1CCN(C(=O)CCNS(=O)(=O)c2ccccc2Cl)CC1. The molecule has 0 aliphatic carbocycles. The molecule has 156 valence electrons. The van der Waals surface area contributed by atoms with Gasteiger partial charge in [0, 0.05) is 45.2 Å². The summed E-state index contributed by atoms with van der Waals surface area (Å²) < 4.78 is 27.0. The first-order chi connectivity index (χ1) is 13.2. The molecule has 1 aromatic rings. The minimum Gasteiger partial charge on any atom is -0.353 e. The van der Waals surface area contributed by atoms with Gasteiger partial charge in [-0.2, -0.15) is 0 Å². The van der Waals surface area contributed by atoms with Crippen LogP contribution < -0.4 is 10.0 Å². The number of halogens is 1. The van der Waals surface area contributed by atoms with Gasteiger partial charge in [0.25, 0.3) is 0 Å². The maximum atomic E-state index is 12.3. The third-order valence-corrected chi connectivity index (χ3v) is 6.26. The van der Waals surface area contributed by atoms with Gasteiger partial charge in [-0.3, -0.25) is 14.5 Å². The molecule has 8 nitrogen and oxygen atoms in total. The molecule has 0 bridgehead atoms. The molecular formula is C18H27ClN4O4S. The van der Waals surface area contributed by atoms with Crippen molar-refractivity contribution in [2.45, 2.75) is 31.2 Å². The van der Waals surface area contributed by atoms with E-state index in [9.17, 15) is 18.0 Å². The lowest BCUT2D eigenvalue weighted by atomic mass is 10.2. The van der Waals surface area contributed by atoms with Gasteiger partial charge in [0.1, 0.15) is 4.90 Å². The van der Waals surface area contributed by atoms with Crippen molar-refractivity contribution in [1.29, 1.82) is 0 Å². The summed E-state index contributed by atoms with van der Waals surface area (Å²) in [5.41, 5.74) is 0. The van der Waals surface area contributed by atoms with E-state index in [0.717, 1.165) is 0 Å². The number of nitrogens with one attached hydrogen (secondary N) is 2. The summed E-state index contributed by atoms with van der Waals surface area (Å²) in [6.45, 7) is 6.41. The van der Waals surface area contributed by atoms with Gasteiger partial charge in [0.15, 0.2) is 0 Å². The number of rotatable bonds is 8. The van der Waals surface area contributed by atoms with Gasteiger partial charge in [-0.1, -0.05) is 23.7 Å². The first-order valence-electron chi connectivity index (χ1n) is 9.22. The minimum atomic E-state index is -3.75. The molecule has 28 heavy (non-hydrogen) atoms. The lowest BCUT2D eigenvalue weighted by molar-refractivity contribution is -0.133. The summed E-state index contributed by atoms with van der Waals surface area (Å²) in [5, 5.41) is 2.99. The van der Waals surface area contributed by atoms with Crippen LogP contribution in [0.15, 0.2) is 29.2 Å². The van der Waals surface area contributed by atoms with E-state index >= 15 is 0 Å². The third-order valence-electron chi connectivity index (χ3n) is 4.30. The van der Waals surface area contributed by atoms with E-state index in [0.29, 0.717) is 32.7 Å². The van der Waals surface area contributed by atoms with E-state index in [-0.39, 0.29) is 40.7 Å². The molecule has 10 heteroatoms. The molecule has 0 aromatic heterocycles.